The fourth-order valence-electron chi connectivity index (χ4n) is 4.32. The van der Waals surface area contributed by atoms with Gasteiger partial charge in [0, 0.05) is 33.4 Å². The lowest BCUT2D eigenvalue weighted by atomic mass is 9.75. The van der Waals surface area contributed by atoms with E-state index in [0.717, 1.165) is 11.1 Å². The van der Waals surface area contributed by atoms with Crippen LogP contribution >= 0.6 is 0 Å². The highest BCUT2D eigenvalue weighted by atomic mass is 19.3. The number of halogens is 1. The molecule has 1 spiro atoms. The van der Waals surface area contributed by atoms with E-state index >= 15 is 0 Å². The van der Waals surface area contributed by atoms with Crippen LogP contribution in [-0.4, -0.2) is 5.97 Å². The number of rotatable bonds is 2. The zero-order chi connectivity index (χ0) is 25.0. The average Bonchev–Trinajstić information content (AvgIpc) is 3.00. The van der Waals surface area contributed by atoms with E-state index in [1.807, 2.05) is 58.9 Å². The standard InChI is InChI=1S/C23H18FNO5.2C2H6/c1-12-8-16-20(10-18(12)29-24)27-21-11-19(30-25)13(2)9-17(21)23(16)15-7-5-3-4-6-14(15)22(26)28-23;2*1-2/h3-4,6-11H,5,25H2,1-2H3;2*1-2H3. The maximum atomic E-state index is 13.1. The summed E-state index contributed by atoms with van der Waals surface area (Å²) in [6.45, 7) is 11.6. The summed E-state index contributed by atoms with van der Waals surface area (Å²) in [5.74, 6) is 6.11. The Balaban J connectivity index is 0.000000771. The first-order valence-electron chi connectivity index (χ1n) is 11.4. The number of ether oxygens (including phenoxy) is 2. The quantitative estimate of drug-likeness (QED) is 0.396. The third-order valence-corrected chi connectivity index (χ3v) is 5.74. The molecule has 3 aliphatic rings. The molecule has 0 radical (unpaired) electrons. The normalized spacial score (nSPS) is 18.8. The van der Waals surface area contributed by atoms with Gasteiger partial charge in [-0.3, -0.25) is 4.94 Å². The maximum Gasteiger partial charge on any atom is 0.340 e. The van der Waals surface area contributed by atoms with Gasteiger partial charge >= 0.3 is 5.97 Å². The summed E-state index contributed by atoms with van der Waals surface area (Å²) in [7, 11) is 0. The van der Waals surface area contributed by atoms with E-state index in [2.05, 4.69) is 4.94 Å². The number of carbonyl (C=O) groups is 1. The molecule has 34 heavy (non-hydrogen) atoms. The van der Waals surface area contributed by atoms with Gasteiger partial charge in [0.25, 0.3) is 0 Å². The minimum atomic E-state index is -1.24. The van der Waals surface area contributed by atoms with E-state index in [4.69, 9.17) is 20.2 Å². The molecular weight excluding hydrogens is 437 g/mol. The summed E-state index contributed by atoms with van der Waals surface area (Å²) in [6.07, 6.45) is 8.15. The molecule has 5 rings (SSSR count). The number of benzene rings is 2. The van der Waals surface area contributed by atoms with Crippen molar-refractivity contribution in [2.24, 2.45) is 5.90 Å². The van der Waals surface area contributed by atoms with Crippen LogP contribution in [0.3, 0.4) is 0 Å². The van der Waals surface area contributed by atoms with Crippen LogP contribution in [-0.2, 0) is 15.1 Å². The number of allylic oxidation sites excluding steroid dienone is 4. The molecule has 0 amide bonds. The third kappa shape index (κ3) is 3.76. The monoisotopic (exact) mass is 467 g/mol. The summed E-state index contributed by atoms with van der Waals surface area (Å²) in [5, 5.41) is 0. The van der Waals surface area contributed by atoms with Gasteiger partial charge in [0.2, 0.25) is 0 Å². The molecule has 1 saturated heterocycles. The Labute approximate surface area is 199 Å². The predicted molar refractivity (Wildman–Crippen MR) is 128 cm³/mol. The molecular formula is C27H30FNO5. The Morgan fingerprint density at radius 3 is 2.15 bits per heavy atom. The summed E-state index contributed by atoms with van der Waals surface area (Å²) < 4.78 is 25.2. The first kappa shape index (κ1) is 25.1. The van der Waals surface area contributed by atoms with Gasteiger partial charge in [0.15, 0.2) is 17.1 Å². The molecule has 1 fully saturated rings. The number of carbonyl (C=O) groups excluding carboxylic acids is 1. The highest BCUT2D eigenvalue weighted by molar-refractivity contribution is 6.00. The van der Waals surface area contributed by atoms with Crippen molar-refractivity contribution in [1.29, 1.82) is 0 Å². The van der Waals surface area contributed by atoms with Crippen LogP contribution in [0.15, 0.2) is 59.7 Å². The van der Waals surface area contributed by atoms with Crippen LogP contribution in [0.1, 0.15) is 56.4 Å². The lowest BCUT2D eigenvalue weighted by Crippen LogP contribution is -2.33. The number of fused-ring (bicyclic) bond motifs is 6. The van der Waals surface area contributed by atoms with Crippen LogP contribution < -0.4 is 20.4 Å². The summed E-state index contributed by atoms with van der Waals surface area (Å²) in [5.41, 5.74) is 2.49. The molecule has 1 aliphatic carbocycles. The van der Waals surface area contributed by atoms with E-state index in [9.17, 15) is 9.32 Å². The molecule has 180 valence electrons. The van der Waals surface area contributed by atoms with Crippen molar-refractivity contribution in [3.8, 4) is 23.0 Å². The van der Waals surface area contributed by atoms with E-state index < -0.39 is 11.6 Å². The molecule has 2 heterocycles. The van der Waals surface area contributed by atoms with Gasteiger partial charge in [0.1, 0.15) is 11.5 Å². The number of hydrogen-bond acceptors (Lipinski definition) is 6. The number of hydrogen-bond donors (Lipinski definition) is 1. The second-order valence-corrected chi connectivity index (χ2v) is 7.46. The van der Waals surface area contributed by atoms with Gasteiger partial charge < -0.3 is 14.3 Å². The Morgan fingerprint density at radius 2 is 1.56 bits per heavy atom. The lowest BCUT2D eigenvalue weighted by Gasteiger charge is -2.37. The Morgan fingerprint density at radius 1 is 0.971 bits per heavy atom. The molecule has 0 saturated carbocycles. The van der Waals surface area contributed by atoms with Gasteiger partial charge in [-0.05, 0) is 49.6 Å². The second-order valence-electron chi connectivity index (χ2n) is 7.46. The molecule has 1 atom stereocenters. The van der Waals surface area contributed by atoms with Crippen molar-refractivity contribution in [3.05, 3.63) is 82.0 Å². The minimum absolute atomic E-state index is 0.0198. The number of esters is 1. The molecule has 2 N–H and O–H groups in total. The van der Waals surface area contributed by atoms with Gasteiger partial charge in [0.05, 0.1) is 5.57 Å². The van der Waals surface area contributed by atoms with Crippen molar-refractivity contribution in [2.45, 2.75) is 53.6 Å². The molecule has 0 aromatic heterocycles. The molecule has 1 unspecified atom stereocenters. The predicted octanol–water partition coefficient (Wildman–Crippen LogP) is 6.59. The first-order valence-corrected chi connectivity index (χ1v) is 11.4. The van der Waals surface area contributed by atoms with Crippen molar-refractivity contribution < 1.29 is 28.6 Å². The van der Waals surface area contributed by atoms with Crippen LogP contribution in [0.4, 0.5) is 4.53 Å². The SMILES string of the molecule is CC.CC.Cc1cc2c(cc1ON)Oc1cc(OF)c(C)cc1C21OC(=O)C2=CC=CCC=C21. The van der Waals surface area contributed by atoms with Crippen LogP contribution in [0, 0.1) is 13.8 Å². The molecule has 7 heteroatoms. The summed E-state index contributed by atoms with van der Waals surface area (Å²) in [6, 6.07) is 6.65. The smallest absolute Gasteiger partial charge is 0.340 e. The second kappa shape index (κ2) is 10.1. The summed E-state index contributed by atoms with van der Waals surface area (Å²) in [4.78, 5) is 21.9. The fraction of sp³-hybridized carbons (Fsp3) is 0.296. The minimum Gasteiger partial charge on any atom is -0.456 e. The van der Waals surface area contributed by atoms with Gasteiger partial charge in [-0.25, -0.2) is 4.79 Å². The Hall–Kier alpha value is -3.58. The van der Waals surface area contributed by atoms with E-state index in [1.54, 1.807) is 25.1 Å². The lowest BCUT2D eigenvalue weighted by molar-refractivity contribution is -0.143. The van der Waals surface area contributed by atoms with Crippen LogP contribution in [0.5, 0.6) is 23.0 Å². The van der Waals surface area contributed by atoms with E-state index in [1.165, 1.54) is 6.07 Å². The Kier molecular flexibility index (Phi) is 7.47. The maximum absolute atomic E-state index is 13.1. The fourth-order valence-corrected chi connectivity index (χ4v) is 4.32. The molecule has 0 bridgehead atoms. The number of nitrogens with two attached hydrogens (primary N) is 1. The zero-order valence-electron chi connectivity index (χ0n) is 20.3. The van der Waals surface area contributed by atoms with Crippen molar-refractivity contribution in [2.75, 3.05) is 0 Å². The van der Waals surface area contributed by atoms with Crippen LogP contribution in [0.25, 0.3) is 0 Å². The van der Waals surface area contributed by atoms with Gasteiger partial charge in [-0.2, -0.15) is 5.90 Å². The highest BCUT2D eigenvalue weighted by Crippen LogP contribution is 2.59. The molecule has 2 aromatic carbocycles. The third-order valence-electron chi connectivity index (χ3n) is 5.74. The highest BCUT2D eigenvalue weighted by Gasteiger charge is 2.56. The van der Waals surface area contributed by atoms with E-state index in [0.29, 0.717) is 45.9 Å². The first-order chi connectivity index (χ1) is 16.5. The summed E-state index contributed by atoms with van der Waals surface area (Å²) >= 11 is 0. The van der Waals surface area contributed by atoms with Crippen molar-refractivity contribution in [3.63, 3.8) is 0 Å². The topological polar surface area (TPSA) is 80.0 Å². The van der Waals surface area contributed by atoms with Gasteiger partial charge in [-0.15, -0.1) is 0 Å². The molecule has 2 aromatic rings. The molecule has 2 aliphatic heterocycles. The molecule has 6 nitrogen and oxygen atoms in total. The largest absolute Gasteiger partial charge is 0.456 e. The average molecular weight is 468 g/mol. The number of aryl methyl sites for hydroxylation is 2. The zero-order valence-corrected chi connectivity index (χ0v) is 20.3. The van der Waals surface area contributed by atoms with Crippen molar-refractivity contribution in [1.82, 2.24) is 0 Å². The van der Waals surface area contributed by atoms with Crippen LogP contribution in [0.2, 0.25) is 0 Å². The Bertz CT molecular complexity index is 1140. The van der Waals surface area contributed by atoms with E-state index in [-0.39, 0.29) is 5.75 Å². The van der Waals surface area contributed by atoms with Gasteiger partial charge in [-0.1, -0.05) is 45.9 Å². The van der Waals surface area contributed by atoms with Crippen molar-refractivity contribution >= 4 is 5.97 Å².